The maximum Gasteiger partial charge on any atom is 0.329 e. The van der Waals surface area contributed by atoms with Crippen LogP contribution in [-0.2, 0) is 4.79 Å². The number of nitrogens with two attached hydrogens (primary N) is 1. The molecule has 0 saturated heterocycles. The molecule has 10 heteroatoms. The first-order chi connectivity index (χ1) is 8.58. The van der Waals surface area contributed by atoms with Gasteiger partial charge < -0.3 is 10.6 Å². The van der Waals surface area contributed by atoms with Crippen molar-refractivity contribution in [2.75, 3.05) is 23.8 Å². The van der Waals surface area contributed by atoms with Gasteiger partial charge in [0.25, 0.3) is 0 Å². The minimum atomic E-state index is -0.652. The van der Waals surface area contributed by atoms with Gasteiger partial charge in [0.1, 0.15) is 6.20 Å². The Bertz CT molecular complexity index is 450. The van der Waals surface area contributed by atoms with Gasteiger partial charge in [-0.05, 0) is 6.92 Å². The number of nitro groups is 1. The van der Waals surface area contributed by atoms with Gasteiger partial charge in [0.15, 0.2) is 0 Å². The van der Waals surface area contributed by atoms with Gasteiger partial charge >= 0.3 is 5.69 Å². The van der Waals surface area contributed by atoms with Crippen LogP contribution in [-0.4, -0.2) is 33.9 Å². The highest BCUT2D eigenvalue weighted by Gasteiger charge is 2.17. The molecule has 1 aromatic rings. The van der Waals surface area contributed by atoms with Crippen molar-refractivity contribution in [1.29, 1.82) is 0 Å². The summed E-state index contributed by atoms with van der Waals surface area (Å²) in [6.07, 6.45) is 1.00. The van der Waals surface area contributed by atoms with Crippen LogP contribution in [0.25, 0.3) is 0 Å². The van der Waals surface area contributed by atoms with Crippen LogP contribution in [0.4, 0.5) is 17.5 Å². The largest absolute Gasteiger partial charge is 0.355 e. The molecule has 0 bridgehead atoms. The third kappa shape index (κ3) is 3.52. The number of hydrazine groups is 1. The number of anilines is 2. The summed E-state index contributed by atoms with van der Waals surface area (Å²) in [5.74, 6) is 4.74. The quantitative estimate of drug-likeness (QED) is 0.294. The van der Waals surface area contributed by atoms with Crippen LogP contribution in [0.2, 0.25) is 0 Å². The van der Waals surface area contributed by atoms with Crippen LogP contribution in [0.1, 0.15) is 6.92 Å². The summed E-state index contributed by atoms with van der Waals surface area (Å²) in [6, 6.07) is 0. The van der Waals surface area contributed by atoms with Crippen LogP contribution in [0.15, 0.2) is 6.20 Å². The summed E-state index contributed by atoms with van der Waals surface area (Å²) in [4.78, 5) is 28.7. The lowest BCUT2D eigenvalue weighted by atomic mass is 10.4. The first-order valence-electron chi connectivity index (χ1n) is 5.07. The van der Waals surface area contributed by atoms with E-state index in [0.29, 0.717) is 6.54 Å². The van der Waals surface area contributed by atoms with E-state index >= 15 is 0 Å². The minimum Gasteiger partial charge on any atom is -0.355 e. The third-order valence-electron chi connectivity index (χ3n) is 1.89. The lowest BCUT2D eigenvalue weighted by molar-refractivity contribution is -0.384. The van der Waals surface area contributed by atoms with E-state index in [4.69, 9.17) is 5.84 Å². The summed E-state index contributed by atoms with van der Waals surface area (Å²) in [7, 11) is 0. The lowest BCUT2D eigenvalue weighted by Gasteiger charge is -2.07. The molecule has 0 spiro atoms. The molecule has 1 heterocycles. The summed E-state index contributed by atoms with van der Waals surface area (Å²) in [5, 5.41) is 15.8. The van der Waals surface area contributed by atoms with Gasteiger partial charge in [0.2, 0.25) is 17.7 Å². The van der Waals surface area contributed by atoms with Crippen molar-refractivity contribution < 1.29 is 9.72 Å². The molecule has 0 aliphatic rings. The smallest absolute Gasteiger partial charge is 0.329 e. The molecule has 1 amide bonds. The van der Waals surface area contributed by atoms with Crippen molar-refractivity contribution in [3.05, 3.63) is 16.3 Å². The summed E-state index contributed by atoms with van der Waals surface area (Å²) in [5.41, 5.74) is 1.83. The van der Waals surface area contributed by atoms with Gasteiger partial charge in [0, 0.05) is 6.54 Å². The predicted molar refractivity (Wildman–Crippen MR) is 63.7 cm³/mol. The monoisotopic (exact) mass is 255 g/mol. The Labute approximate surface area is 102 Å². The molecule has 0 saturated carbocycles. The number of hydrogen-bond donors (Lipinski definition) is 4. The molecule has 10 nitrogen and oxygen atoms in total. The zero-order chi connectivity index (χ0) is 13.5. The number of nitrogens with zero attached hydrogens (tertiary/aromatic N) is 3. The van der Waals surface area contributed by atoms with E-state index in [1.54, 1.807) is 6.92 Å². The highest BCUT2D eigenvalue weighted by atomic mass is 16.6. The SMILES string of the molecule is CCNC(=O)CNc1nc(NN)ncc1[N+](=O)[O-]. The molecule has 98 valence electrons. The minimum absolute atomic E-state index is 0.0130. The maximum atomic E-state index is 11.2. The van der Waals surface area contributed by atoms with Crippen molar-refractivity contribution in [1.82, 2.24) is 15.3 Å². The Morgan fingerprint density at radius 2 is 2.33 bits per heavy atom. The molecule has 0 aliphatic carbocycles. The standard InChI is InChI=1S/C8H13N7O3/c1-2-10-6(16)4-11-7-5(15(17)18)3-12-8(13-7)14-9/h3H,2,4,9H2,1H3,(H,10,16)(H2,11,12,13,14). The van der Waals surface area contributed by atoms with Crippen LogP contribution < -0.4 is 21.9 Å². The van der Waals surface area contributed by atoms with Gasteiger partial charge in [-0.3, -0.25) is 20.3 Å². The number of amides is 1. The van der Waals surface area contributed by atoms with Crippen molar-refractivity contribution in [2.45, 2.75) is 6.92 Å². The maximum absolute atomic E-state index is 11.2. The molecular formula is C8H13N7O3. The summed E-state index contributed by atoms with van der Waals surface area (Å²) < 4.78 is 0. The van der Waals surface area contributed by atoms with E-state index in [0.717, 1.165) is 6.20 Å². The molecule has 1 aromatic heterocycles. The molecule has 0 unspecified atom stereocenters. The van der Waals surface area contributed by atoms with Gasteiger partial charge in [-0.1, -0.05) is 0 Å². The lowest BCUT2D eigenvalue weighted by Crippen LogP contribution is -2.30. The normalized spacial score (nSPS) is 9.67. The Morgan fingerprint density at radius 1 is 1.61 bits per heavy atom. The van der Waals surface area contributed by atoms with Crippen molar-refractivity contribution in [3.63, 3.8) is 0 Å². The molecule has 1 rings (SSSR count). The number of carbonyl (C=O) groups excluding carboxylic acids is 1. The van der Waals surface area contributed by atoms with Crippen molar-refractivity contribution in [2.24, 2.45) is 5.84 Å². The van der Waals surface area contributed by atoms with Crippen LogP contribution in [0, 0.1) is 10.1 Å². The average molecular weight is 255 g/mol. The second-order valence-corrected chi connectivity index (χ2v) is 3.14. The van der Waals surface area contributed by atoms with Gasteiger partial charge in [-0.25, -0.2) is 10.8 Å². The first-order valence-corrected chi connectivity index (χ1v) is 5.07. The van der Waals surface area contributed by atoms with Crippen molar-refractivity contribution in [3.8, 4) is 0 Å². The van der Waals surface area contributed by atoms with Gasteiger partial charge in [-0.15, -0.1) is 0 Å². The molecule has 18 heavy (non-hydrogen) atoms. The second kappa shape index (κ2) is 6.30. The molecule has 0 radical (unpaired) electrons. The number of nitrogen functional groups attached to an aromatic ring is 1. The Kier molecular flexibility index (Phi) is 4.75. The first kappa shape index (κ1) is 13.6. The molecule has 0 fully saturated rings. The molecule has 0 atom stereocenters. The van der Waals surface area contributed by atoms with Crippen LogP contribution in [0.5, 0.6) is 0 Å². The highest BCUT2D eigenvalue weighted by molar-refractivity contribution is 5.81. The van der Waals surface area contributed by atoms with E-state index in [-0.39, 0.29) is 29.9 Å². The molecular weight excluding hydrogens is 242 g/mol. The summed E-state index contributed by atoms with van der Waals surface area (Å²) >= 11 is 0. The number of rotatable bonds is 6. The topological polar surface area (TPSA) is 148 Å². The van der Waals surface area contributed by atoms with Gasteiger partial charge in [-0.2, -0.15) is 4.98 Å². The average Bonchev–Trinajstić information content (AvgIpc) is 2.36. The zero-order valence-corrected chi connectivity index (χ0v) is 9.64. The molecule has 0 aliphatic heterocycles. The Hall–Kier alpha value is -2.49. The van der Waals surface area contributed by atoms with Crippen LogP contribution >= 0.6 is 0 Å². The van der Waals surface area contributed by atoms with E-state index < -0.39 is 4.92 Å². The number of carbonyl (C=O) groups is 1. The van der Waals surface area contributed by atoms with Crippen molar-refractivity contribution >= 4 is 23.4 Å². The fraction of sp³-hybridized carbons (Fsp3) is 0.375. The number of nitrogens with one attached hydrogen (secondary N) is 3. The summed E-state index contributed by atoms with van der Waals surface area (Å²) in [6.45, 7) is 2.11. The van der Waals surface area contributed by atoms with E-state index in [1.165, 1.54) is 0 Å². The molecule has 5 N–H and O–H groups in total. The zero-order valence-electron chi connectivity index (χ0n) is 9.64. The Balaban J connectivity index is 2.84. The van der Waals surface area contributed by atoms with E-state index in [2.05, 4.69) is 26.0 Å². The molecule has 0 aromatic carbocycles. The predicted octanol–water partition coefficient (Wildman–Crippen LogP) is -0.782. The van der Waals surface area contributed by atoms with Gasteiger partial charge in [0.05, 0.1) is 11.5 Å². The van der Waals surface area contributed by atoms with E-state index in [9.17, 15) is 14.9 Å². The second-order valence-electron chi connectivity index (χ2n) is 3.14. The van der Waals surface area contributed by atoms with E-state index in [1.807, 2.05) is 0 Å². The third-order valence-corrected chi connectivity index (χ3v) is 1.89. The highest BCUT2D eigenvalue weighted by Crippen LogP contribution is 2.21. The Morgan fingerprint density at radius 3 is 2.89 bits per heavy atom. The fourth-order valence-electron chi connectivity index (χ4n) is 1.13. The van der Waals surface area contributed by atoms with Crippen LogP contribution in [0.3, 0.4) is 0 Å². The fourth-order valence-corrected chi connectivity index (χ4v) is 1.13. The number of hydrogen-bond acceptors (Lipinski definition) is 8. The number of likely N-dealkylation sites (N-methyl/N-ethyl adjacent to an activating group) is 1. The number of aromatic nitrogens is 2.